The van der Waals surface area contributed by atoms with Crippen LogP contribution in [-0.4, -0.2) is 42.3 Å². The van der Waals surface area contributed by atoms with E-state index in [4.69, 9.17) is 4.98 Å². The minimum absolute atomic E-state index is 0.127. The van der Waals surface area contributed by atoms with E-state index >= 15 is 0 Å². The van der Waals surface area contributed by atoms with Gasteiger partial charge in [0.05, 0.1) is 15.9 Å². The van der Waals surface area contributed by atoms with Crippen molar-refractivity contribution in [3.63, 3.8) is 0 Å². The van der Waals surface area contributed by atoms with Crippen LogP contribution in [-0.2, 0) is 17.1 Å². The first-order chi connectivity index (χ1) is 16.1. The number of para-hydroxylation sites is 2. The van der Waals surface area contributed by atoms with Gasteiger partial charge < -0.3 is 9.88 Å². The highest BCUT2D eigenvalue weighted by Crippen LogP contribution is 2.27. The van der Waals surface area contributed by atoms with E-state index in [-0.39, 0.29) is 16.4 Å². The van der Waals surface area contributed by atoms with Crippen molar-refractivity contribution in [2.75, 3.05) is 14.1 Å². The number of nitrogens with zero attached hydrogens (tertiary/aromatic N) is 3. The van der Waals surface area contributed by atoms with Crippen molar-refractivity contribution < 1.29 is 13.2 Å². The first-order valence-electron chi connectivity index (χ1n) is 10.9. The Morgan fingerprint density at radius 2 is 1.65 bits per heavy atom. The van der Waals surface area contributed by atoms with Gasteiger partial charge in [-0.1, -0.05) is 42.5 Å². The molecule has 1 N–H and O–H groups in total. The van der Waals surface area contributed by atoms with E-state index in [1.165, 1.54) is 20.2 Å². The van der Waals surface area contributed by atoms with Crippen LogP contribution in [0.25, 0.3) is 11.0 Å². The number of nitrogens with one attached hydrogen (secondary N) is 1. The Hall–Kier alpha value is -3.49. The zero-order chi connectivity index (χ0) is 24.6. The number of aryl methyl sites for hydroxylation is 2. The summed E-state index contributed by atoms with van der Waals surface area (Å²) >= 11 is 0. The predicted molar refractivity (Wildman–Crippen MR) is 133 cm³/mol. The lowest BCUT2D eigenvalue weighted by Crippen LogP contribution is -2.31. The van der Waals surface area contributed by atoms with Crippen molar-refractivity contribution in [1.29, 1.82) is 0 Å². The molecule has 34 heavy (non-hydrogen) atoms. The molecule has 0 aliphatic rings. The zero-order valence-corrected chi connectivity index (χ0v) is 20.7. The van der Waals surface area contributed by atoms with Crippen LogP contribution in [0.5, 0.6) is 0 Å². The maximum Gasteiger partial charge on any atom is 0.252 e. The minimum Gasteiger partial charge on any atom is -0.338 e. The Kier molecular flexibility index (Phi) is 6.29. The molecule has 1 heterocycles. The first-order valence-corrected chi connectivity index (χ1v) is 12.4. The van der Waals surface area contributed by atoms with Gasteiger partial charge in [-0.3, -0.25) is 4.79 Å². The maximum atomic E-state index is 13.5. The van der Waals surface area contributed by atoms with Crippen LogP contribution in [0.15, 0.2) is 71.6 Å². The van der Waals surface area contributed by atoms with Crippen LogP contribution in [0.3, 0.4) is 0 Å². The number of carbonyl (C=O) groups is 1. The standard InChI is InChI=1S/C26H28N4O3S/c1-17-15-20(16-23(18(17)2)34(32,33)29(3)4)26(31)28-24(19-11-7-6-8-12-19)25-27-21-13-9-10-14-22(21)30(25)5/h6-16,24H,1-5H3,(H,28,31). The van der Waals surface area contributed by atoms with Crippen molar-refractivity contribution in [1.82, 2.24) is 19.2 Å². The molecule has 1 unspecified atom stereocenters. The number of benzene rings is 3. The summed E-state index contributed by atoms with van der Waals surface area (Å²) < 4.78 is 28.9. The van der Waals surface area contributed by atoms with E-state index in [2.05, 4.69) is 5.32 Å². The van der Waals surface area contributed by atoms with Crippen LogP contribution in [0, 0.1) is 13.8 Å². The quantitative estimate of drug-likeness (QED) is 0.457. The van der Waals surface area contributed by atoms with E-state index in [1.807, 2.05) is 66.2 Å². The summed E-state index contributed by atoms with van der Waals surface area (Å²) in [5.74, 6) is 0.310. The number of aromatic nitrogens is 2. The molecular formula is C26H28N4O3S. The van der Waals surface area contributed by atoms with Gasteiger partial charge in [0.1, 0.15) is 11.9 Å². The summed E-state index contributed by atoms with van der Waals surface area (Å²) in [4.78, 5) is 18.4. The number of imidazole rings is 1. The second-order valence-corrected chi connectivity index (χ2v) is 10.7. The number of carbonyl (C=O) groups excluding carboxylic acids is 1. The second-order valence-electron chi connectivity index (χ2n) is 8.54. The SMILES string of the molecule is Cc1cc(C(=O)NC(c2ccccc2)c2nc3ccccc3n2C)cc(S(=O)(=O)N(C)C)c1C. The topological polar surface area (TPSA) is 84.3 Å². The predicted octanol–water partition coefficient (Wildman–Crippen LogP) is 3.96. The molecule has 0 radical (unpaired) electrons. The van der Waals surface area contributed by atoms with E-state index < -0.39 is 16.1 Å². The van der Waals surface area contributed by atoms with Crippen molar-refractivity contribution in [2.24, 2.45) is 7.05 Å². The van der Waals surface area contributed by atoms with Gasteiger partial charge in [-0.05, 0) is 54.8 Å². The normalized spacial score (nSPS) is 12.8. The van der Waals surface area contributed by atoms with Gasteiger partial charge in [-0.2, -0.15) is 0 Å². The molecule has 0 spiro atoms. The molecule has 0 aliphatic carbocycles. The molecule has 1 amide bonds. The highest BCUT2D eigenvalue weighted by atomic mass is 32.2. The Bertz CT molecular complexity index is 1470. The molecule has 0 saturated carbocycles. The molecule has 8 heteroatoms. The van der Waals surface area contributed by atoms with Crippen molar-refractivity contribution in [3.8, 4) is 0 Å². The number of sulfonamides is 1. The Morgan fingerprint density at radius 3 is 2.29 bits per heavy atom. The first kappa shape index (κ1) is 23.7. The Labute approximate surface area is 200 Å². The fourth-order valence-electron chi connectivity index (χ4n) is 4.00. The summed E-state index contributed by atoms with van der Waals surface area (Å²) in [6.45, 7) is 3.56. The van der Waals surface area contributed by atoms with Gasteiger partial charge in [-0.25, -0.2) is 17.7 Å². The third-order valence-electron chi connectivity index (χ3n) is 6.13. The smallest absolute Gasteiger partial charge is 0.252 e. The highest BCUT2D eigenvalue weighted by Gasteiger charge is 2.26. The molecule has 1 aromatic heterocycles. The number of rotatable bonds is 6. The molecule has 3 aromatic carbocycles. The van der Waals surface area contributed by atoms with Gasteiger partial charge in [0.25, 0.3) is 5.91 Å². The number of amides is 1. The van der Waals surface area contributed by atoms with E-state index in [0.717, 1.165) is 26.5 Å². The fraction of sp³-hybridized carbons (Fsp3) is 0.231. The van der Waals surface area contributed by atoms with Gasteiger partial charge in [0, 0.05) is 26.7 Å². The summed E-state index contributed by atoms with van der Waals surface area (Å²) in [5.41, 5.74) is 4.30. The second kappa shape index (κ2) is 9.04. The molecule has 0 fully saturated rings. The molecule has 7 nitrogen and oxygen atoms in total. The average molecular weight is 477 g/mol. The molecule has 0 saturated heterocycles. The Morgan fingerprint density at radius 1 is 1.00 bits per heavy atom. The van der Waals surface area contributed by atoms with E-state index in [0.29, 0.717) is 11.4 Å². The average Bonchev–Trinajstić information content (AvgIpc) is 3.15. The maximum absolute atomic E-state index is 13.5. The molecule has 1 atom stereocenters. The van der Waals surface area contributed by atoms with Crippen LogP contribution >= 0.6 is 0 Å². The zero-order valence-electron chi connectivity index (χ0n) is 19.9. The Balaban J connectivity index is 1.80. The van der Waals surface area contributed by atoms with Crippen LogP contribution < -0.4 is 5.32 Å². The molecule has 4 aromatic rings. The lowest BCUT2D eigenvalue weighted by molar-refractivity contribution is 0.0941. The van der Waals surface area contributed by atoms with Gasteiger partial charge >= 0.3 is 0 Å². The van der Waals surface area contributed by atoms with Gasteiger partial charge in [0.15, 0.2) is 0 Å². The monoisotopic (exact) mass is 476 g/mol. The van der Waals surface area contributed by atoms with Crippen LogP contribution in [0.4, 0.5) is 0 Å². The van der Waals surface area contributed by atoms with Crippen LogP contribution in [0.2, 0.25) is 0 Å². The van der Waals surface area contributed by atoms with E-state index in [1.54, 1.807) is 19.9 Å². The minimum atomic E-state index is -3.71. The van der Waals surface area contributed by atoms with Crippen molar-refractivity contribution in [2.45, 2.75) is 24.8 Å². The van der Waals surface area contributed by atoms with E-state index in [9.17, 15) is 13.2 Å². The van der Waals surface area contributed by atoms with Gasteiger partial charge in [0.2, 0.25) is 10.0 Å². The molecule has 0 bridgehead atoms. The molecule has 0 aliphatic heterocycles. The van der Waals surface area contributed by atoms with Crippen molar-refractivity contribution >= 4 is 27.0 Å². The molecule has 4 rings (SSSR count). The third kappa shape index (κ3) is 4.22. The lowest BCUT2D eigenvalue weighted by Gasteiger charge is -2.21. The number of hydrogen-bond donors (Lipinski definition) is 1. The highest BCUT2D eigenvalue weighted by molar-refractivity contribution is 7.89. The summed E-state index contributed by atoms with van der Waals surface area (Å²) in [6.07, 6.45) is 0. The third-order valence-corrected chi connectivity index (χ3v) is 8.07. The van der Waals surface area contributed by atoms with Crippen LogP contribution in [0.1, 0.15) is 38.9 Å². The summed E-state index contributed by atoms with van der Waals surface area (Å²) in [5, 5.41) is 3.09. The lowest BCUT2D eigenvalue weighted by atomic mass is 10.0. The summed E-state index contributed by atoms with van der Waals surface area (Å²) in [6, 6.07) is 20.1. The molecular weight excluding hydrogens is 448 g/mol. The largest absolute Gasteiger partial charge is 0.338 e. The summed E-state index contributed by atoms with van der Waals surface area (Å²) in [7, 11) is 1.18. The number of hydrogen-bond acceptors (Lipinski definition) is 4. The van der Waals surface area contributed by atoms with Gasteiger partial charge in [-0.15, -0.1) is 0 Å². The number of fused-ring (bicyclic) bond motifs is 1. The molecule has 176 valence electrons. The fourth-order valence-corrected chi connectivity index (χ4v) is 5.22. The van der Waals surface area contributed by atoms with Crippen molar-refractivity contribution in [3.05, 3.63) is 94.8 Å².